The molecule has 0 radical (unpaired) electrons. The summed E-state index contributed by atoms with van der Waals surface area (Å²) in [5, 5.41) is 0. The zero-order chi connectivity index (χ0) is 29.8. The van der Waals surface area contributed by atoms with E-state index >= 15 is 4.57 Å². The molecule has 0 fully saturated rings. The van der Waals surface area contributed by atoms with Gasteiger partial charge in [0, 0.05) is 0 Å². The highest BCUT2D eigenvalue weighted by Crippen LogP contribution is 2.85. The largest absolute Gasteiger partial charge is 0.343 e. The molecule has 0 amide bonds. The highest BCUT2D eigenvalue weighted by atomic mass is 31.3. The van der Waals surface area contributed by atoms with Crippen LogP contribution in [0.1, 0.15) is 22.3 Å². The molecule has 41 heavy (non-hydrogen) atoms. The number of hydrogen-bond donors (Lipinski definition) is 5. The first-order valence-corrected chi connectivity index (χ1v) is 17.8. The number of benzene rings is 4. The summed E-state index contributed by atoms with van der Waals surface area (Å²) in [6.45, 7) is 0. The van der Waals surface area contributed by atoms with Gasteiger partial charge in [-0.2, -0.15) is 0 Å². The fourth-order valence-electron chi connectivity index (χ4n) is 5.40. The molecule has 216 valence electrons. The minimum absolute atomic E-state index is 0.347. The van der Waals surface area contributed by atoms with Crippen LogP contribution in [0.5, 0.6) is 0 Å². The number of hydrogen-bond acceptors (Lipinski definition) is 3. The molecule has 0 atom stereocenters. The van der Waals surface area contributed by atoms with Crippen molar-refractivity contribution in [3.63, 3.8) is 0 Å². The summed E-state index contributed by atoms with van der Waals surface area (Å²) in [5.41, 5.74) is 1.39. The van der Waals surface area contributed by atoms with Crippen LogP contribution >= 0.6 is 22.6 Å². The average Bonchev–Trinajstić information content (AvgIpc) is 2.93. The van der Waals surface area contributed by atoms with Gasteiger partial charge >= 0.3 is 15.2 Å². The van der Waals surface area contributed by atoms with Gasteiger partial charge in [0.1, 0.15) is 0 Å². The van der Waals surface area contributed by atoms with E-state index in [0.29, 0.717) is 22.3 Å². The third kappa shape index (κ3) is 6.41. The summed E-state index contributed by atoms with van der Waals surface area (Å²) in [4.78, 5) is 51.2. The van der Waals surface area contributed by atoms with Gasteiger partial charge in [-0.05, 0) is 47.9 Å². The lowest BCUT2D eigenvalue weighted by atomic mass is 10.0. The Morgan fingerprint density at radius 1 is 0.390 bits per heavy atom. The van der Waals surface area contributed by atoms with E-state index in [9.17, 15) is 33.6 Å². The van der Waals surface area contributed by atoms with Gasteiger partial charge in [0.05, 0.1) is 0 Å². The van der Waals surface area contributed by atoms with Crippen LogP contribution in [0.15, 0.2) is 121 Å². The van der Waals surface area contributed by atoms with Crippen molar-refractivity contribution in [2.24, 2.45) is 0 Å². The third-order valence-corrected chi connectivity index (χ3v) is 16.4. The number of rotatable bonds is 12. The molecular weight excluding hydrogens is 581 g/mol. The van der Waals surface area contributed by atoms with Crippen molar-refractivity contribution < 1.29 is 38.2 Å². The topological polar surface area (TPSA) is 152 Å². The molecule has 8 nitrogen and oxygen atoms in total. The molecule has 0 spiro atoms. The first-order valence-electron chi connectivity index (χ1n) is 12.9. The monoisotopic (exact) mass is 614 g/mol. The summed E-state index contributed by atoms with van der Waals surface area (Å²) in [6, 6.07) is 32.4. The van der Waals surface area contributed by atoms with Gasteiger partial charge in [-0.25, -0.2) is 0 Å². The molecule has 4 rings (SSSR count). The minimum atomic E-state index is -5.61. The Bertz CT molecular complexity index is 1370. The standard InChI is InChI=1S/C30H33O8P3/c31-39(32,29(40(33,34)35,21-25-13-5-1-6-14-25)22-26-15-7-2-8-16-26)30(41(36,37)38,23-27-17-9-3-10-18-27)24-28-19-11-4-12-20-28/h1-20H,21-24H2,(H,31,32)(H2,33,34,35)(H2,36,37,38). The summed E-state index contributed by atoms with van der Waals surface area (Å²) in [5.74, 6) is 0. The van der Waals surface area contributed by atoms with Crippen molar-refractivity contribution in [1.29, 1.82) is 0 Å². The zero-order valence-electron chi connectivity index (χ0n) is 22.2. The van der Waals surface area contributed by atoms with Crippen LogP contribution in [0.4, 0.5) is 0 Å². The predicted molar refractivity (Wildman–Crippen MR) is 160 cm³/mol. The molecule has 0 heterocycles. The molecule has 4 aromatic rings. The Kier molecular flexibility index (Phi) is 9.40. The lowest BCUT2D eigenvalue weighted by Crippen LogP contribution is -2.46. The molecule has 0 saturated heterocycles. The highest BCUT2D eigenvalue weighted by molar-refractivity contribution is 7.83. The van der Waals surface area contributed by atoms with Crippen LogP contribution in [-0.2, 0) is 39.4 Å². The third-order valence-electron chi connectivity index (χ3n) is 7.53. The molecule has 0 saturated carbocycles. The smallest absolute Gasteiger partial charge is 0.341 e. The van der Waals surface area contributed by atoms with E-state index in [1.807, 2.05) is 0 Å². The quantitative estimate of drug-likeness (QED) is 0.122. The Labute approximate surface area is 239 Å². The van der Waals surface area contributed by atoms with E-state index in [1.165, 1.54) is 0 Å². The van der Waals surface area contributed by atoms with Crippen molar-refractivity contribution >= 4 is 22.6 Å². The normalized spacial score (nSPS) is 13.2. The Morgan fingerprint density at radius 3 is 0.756 bits per heavy atom. The van der Waals surface area contributed by atoms with Crippen LogP contribution in [0, 0.1) is 0 Å². The van der Waals surface area contributed by atoms with Crippen LogP contribution in [-0.4, -0.2) is 34.3 Å². The van der Waals surface area contributed by atoms with E-state index in [-0.39, 0.29) is 0 Å². The van der Waals surface area contributed by atoms with Crippen molar-refractivity contribution in [3.05, 3.63) is 144 Å². The molecular formula is C30H33O8P3. The van der Waals surface area contributed by atoms with E-state index < -0.39 is 58.0 Å². The molecule has 0 aliphatic heterocycles. The maximum absolute atomic E-state index is 15.3. The van der Waals surface area contributed by atoms with Gasteiger partial charge in [-0.1, -0.05) is 121 Å². The van der Waals surface area contributed by atoms with Gasteiger partial charge < -0.3 is 24.5 Å². The first kappa shape index (κ1) is 31.3. The maximum atomic E-state index is 15.3. The van der Waals surface area contributed by atoms with E-state index in [2.05, 4.69) is 0 Å². The van der Waals surface area contributed by atoms with Crippen LogP contribution in [0.2, 0.25) is 0 Å². The first-order chi connectivity index (χ1) is 19.3. The van der Waals surface area contributed by atoms with Gasteiger partial charge in [0.15, 0.2) is 9.79 Å². The SMILES string of the molecule is O=P(O)(O)C(Cc1ccccc1)(Cc1ccccc1)P(=O)(O)C(Cc1ccccc1)(Cc1ccccc1)P(=O)(O)O. The van der Waals surface area contributed by atoms with Crippen LogP contribution < -0.4 is 0 Å². The Morgan fingerprint density at radius 2 is 0.585 bits per heavy atom. The van der Waals surface area contributed by atoms with Gasteiger partial charge in [0.25, 0.3) is 0 Å². The van der Waals surface area contributed by atoms with Crippen LogP contribution in [0.3, 0.4) is 0 Å². The lowest BCUT2D eigenvalue weighted by molar-refractivity contribution is 0.314. The molecule has 0 aromatic heterocycles. The molecule has 4 aromatic carbocycles. The van der Waals surface area contributed by atoms with Crippen molar-refractivity contribution in [2.75, 3.05) is 0 Å². The summed E-state index contributed by atoms with van der Waals surface area (Å²) in [6.07, 6.45) is -2.36. The summed E-state index contributed by atoms with van der Waals surface area (Å²) in [7, 11) is -16.8. The van der Waals surface area contributed by atoms with Crippen LogP contribution in [0.25, 0.3) is 0 Å². The Balaban J connectivity index is 2.08. The fraction of sp³-hybridized carbons (Fsp3) is 0.200. The second-order valence-electron chi connectivity index (χ2n) is 10.3. The molecule has 0 aliphatic rings. The molecule has 0 unspecified atom stereocenters. The van der Waals surface area contributed by atoms with E-state index in [1.54, 1.807) is 121 Å². The van der Waals surface area contributed by atoms with Crippen molar-refractivity contribution in [3.8, 4) is 0 Å². The zero-order valence-corrected chi connectivity index (χ0v) is 24.9. The minimum Gasteiger partial charge on any atom is -0.343 e. The van der Waals surface area contributed by atoms with E-state index in [4.69, 9.17) is 0 Å². The van der Waals surface area contributed by atoms with Gasteiger partial charge in [-0.3, -0.25) is 13.7 Å². The second-order valence-corrected chi connectivity index (χ2v) is 17.7. The van der Waals surface area contributed by atoms with Gasteiger partial charge in [0.2, 0.25) is 7.37 Å². The van der Waals surface area contributed by atoms with E-state index in [0.717, 1.165) is 0 Å². The molecule has 5 N–H and O–H groups in total. The lowest BCUT2D eigenvalue weighted by Gasteiger charge is -2.48. The molecule has 11 heteroatoms. The Hall–Kier alpha value is -2.63. The fourth-order valence-corrected chi connectivity index (χ4v) is 13.5. The summed E-state index contributed by atoms with van der Waals surface area (Å²) >= 11 is 0. The van der Waals surface area contributed by atoms with Crippen molar-refractivity contribution in [1.82, 2.24) is 0 Å². The predicted octanol–water partition coefficient (Wildman–Crippen LogP) is 5.98. The average molecular weight is 615 g/mol. The summed E-state index contributed by atoms with van der Waals surface area (Å²) < 4.78 is 42.7. The van der Waals surface area contributed by atoms with Crippen molar-refractivity contribution in [2.45, 2.75) is 35.5 Å². The highest BCUT2D eigenvalue weighted by Gasteiger charge is 2.72. The van der Waals surface area contributed by atoms with Gasteiger partial charge in [-0.15, -0.1) is 0 Å². The molecule has 0 bridgehead atoms. The second kappa shape index (κ2) is 12.3. The molecule has 0 aliphatic carbocycles. The maximum Gasteiger partial charge on any atom is 0.341 e.